The zero-order valence-corrected chi connectivity index (χ0v) is 20.3. The minimum absolute atomic E-state index is 0.0643. The molecule has 0 unspecified atom stereocenters. The first-order chi connectivity index (χ1) is 15.7. The number of anilines is 1. The minimum Gasteiger partial charge on any atom is -0.341 e. The van der Waals surface area contributed by atoms with Crippen molar-refractivity contribution in [2.75, 3.05) is 18.0 Å². The highest BCUT2D eigenvalue weighted by atomic mass is 32.2. The number of nitrogens with one attached hydrogen (secondary N) is 1. The molecule has 0 radical (unpaired) electrons. The first-order valence-corrected chi connectivity index (χ1v) is 13.8. The summed E-state index contributed by atoms with van der Waals surface area (Å²) >= 11 is 4.85. The Labute approximate surface area is 197 Å². The molecule has 0 amide bonds. The summed E-state index contributed by atoms with van der Waals surface area (Å²) < 4.78 is 2.31. The van der Waals surface area contributed by atoms with Gasteiger partial charge in [0.05, 0.1) is 11.1 Å². The average Bonchev–Trinajstić information content (AvgIpc) is 3.19. The van der Waals surface area contributed by atoms with Crippen molar-refractivity contribution in [3.63, 3.8) is 0 Å². The van der Waals surface area contributed by atoms with Crippen molar-refractivity contribution in [2.24, 2.45) is 0 Å². The van der Waals surface area contributed by atoms with E-state index in [1.807, 2.05) is 5.38 Å². The summed E-state index contributed by atoms with van der Waals surface area (Å²) in [5.41, 5.74) is 0.918. The standard InChI is InChI=1S/C22H24N6OS3/c1-13-5-8-16(32-13)15-11-30-20-18(15)19(29)23-17(24-20)12-31-22-26-25-21(28(22)14-6-7-14)27-9-3-2-4-10-27/h5,8,11,14H,2-4,6-7,9-10,12H2,1H3,(H,23,24,29). The number of thioether (sulfide) groups is 1. The van der Waals surface area contributed by atoms with E-state index in [-0.39, 0.29) is 5.56 Å². The number of aromatic amines is 1. The third kappa shape index (κ3) is 3.78. The maximum Gasteiger partial charge on any atom is 0.260 e. The smallest absolute Gasteiger partial charge is 0.260 e. The van der Waals surface area contributed by atoms with Gasteiger partial charge in [-0.3, -0.25) is 9.36 Å². The van der Waals surface area contributed by atoms with Crippen LogP contribution in [0.5, 0.6) is 0 Å². The van der Waals surface area contributed by atoms with Gasteiger partial charge >= 0.3 is 0 Å². The lowest BCUT2D eigenvalue weighted by atomic mass is 10.1. The topological polar surface area (TPSA) is 79.7 Å². The van der Waals surface area contributed by atoms with Crippen LogP contribution < -0.4 is 10.5 Å². The van der Waals surface area contributed by atoms with Gasteiger partial charge in [0.1, 0.15) is 10.7 Å². The van der Waals surface area contributed by atoms with Crippen LogP contribution in [-0.4, -0.2) is 37.8 Å². The highest BCUT2D eigenvalue weighted by Gasteiger charge is 2.32. The molecule has 2 aliphatic rings. The van der Waals surface area contributed by atoms with E-state index in [9.17, 15) is 4.79 Å². The van der Waals surface area contributed by atoms with Crippen LogP contribution in [-0.2, 0) is 5.75 Å². The molecule has 0 aromatic carbocycles. The number of nitrogens with zero attached hydrogens (tertiary/aromatic N) is 5. The molecule has 0 spiro atoms. The maximum absolute atomic E-state index is 12.9. The quantitative estimate of drug-likeness (QED) is 0.378. The number of piperidine rings is 1. The van der Waals surface area contributed by atoms with Gasteiger partial charge in [-0.25, -0.2) is 4.98 Å². The van der Waals surface area contributed by atoms with Gasteiger partial charge in [0.25, 0.3) is 5.56 Å². The average molecular weight is 485 g/mol. The van der Waals surface area contributed by atoms with E-state index in [2.05, 4.69) is 43.7 Å². The number of H-pyrrole nitrogens is 1. The van der Waals surface area contributed by atoms with Crippen LogP contribution in [0, 0.1) is 6.92 Å². The minimum atomic E-state index is -0.0643. The summed E-state index contributed by atoms with van der Waals surface area (Å²) in [6, 6.07) is 4.67. The predicted molar refractivity (Wildman–Crippen MR) is 132 cm³/mol. The zero-order chi connectivity index (χ0) is 21.7. The second kappa shape index (κ2) is 8.31. The molecular weight excluding hydrogens is 460 g/mol. The molecule has 1 aliphatic carbocycles. The normalized spacial score (nSPS) is 16.8. The third-order valence-corrected chi connectivity index (χ3v) is 8.89. The third-order valence-electron chi connectivity index (χ3n) is 6.03. The van der Waals surface area contributed by atoms with E-state index >= 15 is 0 Å². The highest BCUT2D eigenvalue weighted by Crippen LogP contribution is 2.42. The van der Waals surface area contributed by atoms with Gasteiger partial charge in [-0.15, -0.1) is 32.9 Å². The molecule has 7 nitrogen and oxygen atoms in total. The Morgan fingerprint density at radius 2 is 2.03 bits per heavy atom. The SMILES string of the molecule is Cc1ccc(-c2csc3nc(CSc4nnc(N5CCCCC5)n4C4CC4)[nH]c(=O)c23)s1. The summed E-state index contributed by atoms with van der Waals surface area (Å²) in [6.45, 7) is 4.20. The Morgan fingerprint density at radius 3 is 2.78 bits per heavy atom. The fraction of sp³-hybridized carbons (Fsp3) is 0.455. The Balaban J connectivity index is 1.26. The molecule has 5 heterocycles. The molecule has 6 rings (SSSR count). The van der Waals surface area contributed by atoms with Crippen LogP contribution >= 0.6 is 34.4 Å². The Morgan fingerprint density at radius 1 is 1.19 bits per heavy atom. The fourth-order valence-corrected chi connectivity index (χ4v) is 7.08. The summed E-state index contributed by atoms with van der Waals surface area (Å²) in [6.07, 6.45) is 6.12. The van der Waals surface area contributed by atoms with Crippen LogP contribution in [0.1, 0.15) is 48.8 Å². The molecule has 1 aliphatic heterocycles. The van der Waals surface area contributed by atoms with Crippen molar-refractivity contribution >= 4 is 50.6 Å². The maximum atomic E-state index is 12.9. The number of fused-ring (bicyclic) bond motifs is 1. The Bertz CT molecular complexity index is 1330. The number of thiophene rings is 2. The number of rotatable bonds is 6. The molecule has 4 aromatic rings. The summed E-state index contributed by atoms with van der Waals surface area (Å²) in [7, 11) is 0. The molecule has 10 heteroatoms. The van der Waals surface area contributed by atoms with Gasteiger partial charge in [-0.05, 0) is 51.2 Å². The molecule has 166 valence electrons. The number of hydrogen-bond acceptors (Lipinski definition) is 8. The molecular formula is C22H24N6OS3. The van der Waals surface area contributed by atoms with Crippen LogP contribution in [0.4, 0.5) is 5.95 Å². The van der Waals surface area contributed by atoms with Crippen LogP contribution in [0.25, 0.3) is 20.7 Å². The molecule has 0 atom stereocenters. The second-order valence-electron chi connectivity index (χ2n) is 8.47. The molecule has 0 bridgehead atoms. The van der Waals surface area contributed by atoms with Crippen molar-refractivity contribution in [1.29, 1.82) is 0 Å². The molecule has 1 saturated carbocycles. The number of aromatic nitrogens is 5. The van der Waals surface area contributed by atoms with Gasteiger partial charge in [0.2, 0.25) is 5.95 Å². The molecule has 2 fully saturated rings. The van der Waals surface area contributed by atoms with Crippen LogP contribution in [0.3, 0.4) is 0 Å². The Kier molecular flexibility index (Phi) is 5.31. The molecule has 4 aromatic heterocycles. The van der Waals surface area contributed by atoms with E-state index in [0.29, 0.717) is 23.0 Å². The predicted octanol–water partition coefficient (Wildman–Crippen LogP) is 5.23. The van der Waals surface area contributed by atoms with Crippen molar-refractivity contribution in [3.8, 4) is 10.4 Å². The first kappa shape index (κ1) is 20.4. The van der Waals surface area contributed by atoms with Gasteiger partial charge in [0.15, 0.2) is 5.16 Å². The van der Waals surface area contributed by atoms with Crippen LogP contribution in [0.15, 0.2) is 27.5 Å². The van der Waals surface area contributed by atoms with Gasteiger partial charge in [-0.1, -0.05) is 11.8 Å². The molecule has 32 heavy (non-hydrogen) atoms. The molecule has 1 N–H and O–H groups in total. The number of aryl methyl sites for hydroxylation is 1. The van der Waals surface area contributed by atoms with E-state index in [0.717, 1.165) is 39.5 Å². The second-order valence-corrected chi connectivity index (χ2v) is 11.6. The van der Waals surface area contributed by atoms with E-state index in [1.165, 1.54) is 48.3 Å². The van der Waals surface area contributed by atoms with Crippen molar-refractivity contribution in [1.82, 2.24) is 24.7 Å². The van der Waals surface area contributed by atoms with Gasteiger partial charge in [-0.2, -0.15) is 0 Å². The van der Waals surface area contributed by atoms with Gasteiger partial charge in [0, 0.05) is 39.8 Å². The van der Waals surface area contributed by atoms with Crippen molar-refractivity contribution in [2.45, 2.75) is 56.0 Å². The zero-order valence-electron chi connectivity index (χ0n) is 17.8. The van der Waals surface area contributed by atoms with Gasteiger partial charge < -0.3 is 9.88 Å². The van der Waals surface area contributed by atoms with E-state index in [1.54, 1.807) is 23.1 Å². The monoisotopic (exact) mass is 484 g/mol. The highest BCUT2D eigenvalue weighted by molar-refractivity contribution is 7.98. The summed E-state index contributed by atoms with van der Waals surface area (Å²) in [5.74, 6) is 2.27. The van der Waals surface area contributed by atoms with Crippen LogP contribution in [0.2, 0.25) is 0 Å². The largest absolute Gasteiger partial charge is 0.341 e. The Hall–Kier alpha value is -2.17. The first-order valence-electron chi connectivity index (χ1n) is 11.1. The van der Waals surface area contributed by atoms with Crippen molar-refractivity contribution < 1.29 is 0 Å². The lowest BCUT2D eigenvalue weighted by molar-refractivity contribution is 0.548. The lowest BCUT2D eigenvalue weighted by Crippen LogP contribution is -2.31. The lowest BCUT2D eigenvalue weighted by Gasteiger charge is -2.27. The molecule has 1 saturated heterocycles. The summed E-state index contributed by atoms with van der Waals surface area (Å²) in [5, 5.41) is 12.7. The fourth-order valence-electron chi connectivity index (χ4n) is 4.28. The van der Waals surface area contributed by atoms with Crippen molar-refractivity contribution in [3.05, 3.63) is 38.6 Å². The summed E-state index contributed by atoms with van der Waals surface area (Å²) in [4.78, 5) is 26.2. The number of hydrogen-bond donors (Lipinski definition) is 1. The van der Waals surface area contributed by atoms with E-state index in [4.69, 9.17) is 4.98 Å². The van der Waals surface area contributed by atoms with E-state index < -0.39 is 0 Å².